The first-order valence-corrected chi connectivity index (χ1v) is 10.2. The zero-order valence-corrected chi connectivity index (χ0v) is 16.7. The van der Waals surface area contributed by atoms with E-state index in [1.165, 1.54) is 25.7 Å². The summed E-state index contributed by atoms with van der Waals surface area (Å²) in [5, 5.41) is 22.0. The summed E-state index contributed by atoms with van der Waals surface area (Å²) in [6, 6.07) is -0.634. The van der Waals surface area contributed by atoms with E-state index in [1.54, 1.807) is 6.08 Å². The van der Waals surface area contributed by atoms with Gasteiger partial charge in [-0.3, -0.25) is 4.79 Å². The summed E-state index contributed by atoms with van der Waals surface area (Å²) < 4.78 is 0. The van der Waals surface area contributed by atoms with Gasteiger partial charge >= 0.3 is 0 Å². The number of rotatable bonds is 16. The average molecular weight is 366 g/mol. The van der Waals surface area contributed by atoms with Gasteiger partial charge in [0.25, 0.3) is 0 Å². The Morgan fingerprint density at radius 3 is 2.00 bits per heavy atom. The Labute approximate surface area is 160 Å². The molecule has 2 atom stereocenters. The Bertz CT molecular complexity index is 416. The maximum Gasteiger partial charge on any atom is 0.220 e. The van der Waals surface area contributed by atoms with Crippen LogP contribution in [-0.2, 0) is 4.79 Å². The number of carbonyl (C=O) groups excluding carboxylic acids is 1. The largest absolute Gasteiger partial charge is 0.394 e. The molecule has 2 unspecified atom stereocenters. The van der Waals surface area contributed by atoms with E-state index in [1.807, 2.05) is 13.0 Å². The van der Waals surface area contributed by atoms with Crippen LogP contribution in [0.1, 0.15) is 78.1 Å². The fraction of sp³-hybridized carbons (Fsp3) is 0.682. The number of hydrogen-bond donors (Lipinski definition) is 3. The SMILES string of the molecule is CCCCC/C=C/CC/C=C/CC/C=C/C(O)C(CO)NC(=O)CCC. The minimum atomic E-state index is -0.859. The summed E-state index contributed by atoms with van der Waals surface area (Å²) in [6.45, 7) is 3.87. The van der Waals surface area contributed by atoms with Crippen LogP contribution in [0.4, 0.5) is 0 Å². The van der Waals surface area contributed by atoms with E-state index in [0.717, 1.165) is 32.1 Å². The number of aliphatic hydroxyl groups is 2. The van der Waals surface area contributed by atoms with Crippen molar-refractivity contribution in [1.82, 2.24) is 5.32 Å². The zero-order chi connectivity index (χ0) is 19.5. The van der Waals surface area contributed by atoms with Crippen LogP contribution in [-0.4, -0.2) is 34.9 Å². The summed E-state index contributed by atoms with van der Waals surface area (Å²) in [6.07, 6.45) is 21.7. The van der Waals surface area contributed by atoms with Gasteiger partial charge in [-0.05, 0) is 44.9 Å². The van der Waals surface area contributed by atoms with Crippen molar-refractivity contribution in [1.29, 1.82) is 0 Å². The molecule has 0 aliphatic heterocycles. The van der Waals surface area contributed by atoms with Crippen LogP contribution in [0.2, 0.25) is 0 Å². The first kappa shape index (κ1) is 24.6. The average Bonchev–Trinajstić information content (AvgIpc) is 2.63. The fourth-order valence-electron chi connectivity index (χ4n) is 2.48. The maximum atomic E-state index is 11.5. The van der Waals surface area contributed by atoms with E-state index in [-0.39, 0.29) is 12.5 Å². The molecule has 0 spiro atoms. The first-order chi connectivity index (χ1) is 12.7. The third kappa shape index (κ3) is 14.9. The summed E-state index contributed by atoms with van der Waals surface area (Å²) in [5.74, 6) is -0.138. The number of carbonyl (C=O) groups is 1. The van der Waals surface area contributed by atoms with Crippen molar-refractivity contribution < 1.29 is 15.0 Å². The van der Waals surface area contributed by atoms with E-state index < -0.39 is 12.1 Å². The minimum absolute atomic E-state index is 0.138. The molecule has 0 saturated carbocycles. The number of hydrogen-bond acceptors (Lipinski definition) is 3. The molecular weight excluding hydrogens is 326 g/mol. The summed E-state index contributed by atoms with van der Waals surface area (Å²) in [5.41, 5.74) is 0. The molecule has 0 bridgehead atoms. The molecule has 0 fully saturated rings. The lowest BCUT2D eigenvalue weighted by Crippen LogP contribution is -2.45. The van der Waals surface area contributed by atoms with Crippen LogP contribution in [0.3, 0.4) is 0 Å². The highest BCUT2D eigenvalue weighted by Crippen LogP contribution is 2.03. The number of amides is 1. The molecule has 0 aromatic rings. The Morgan fingerprint density at radius 1 is 0.885 bits per heavy atom. The van der Waals surface area contributed by atoms with E-state index in [4.69, 9.17) is 0 Å². The van der Waals surface area contributed by atoms with Crippen molar-refractivity contribution >= 4 is 5.91 Å². The van der Waals surface area contributed by atoms with Gasteiger partial charge in [0, 0.05) is 6.42 Å². The molecule has 0 saturated heterocycles. The van der Waals surface area contributed by atoms with E-state index >= 15 is 0 Å². The predicted octanol–water partition coefficient (Wildman–Crippen LogP) is 4.43. The number of allylic oxidation sites excluding steroid dienone is 5. The van der Waals surface area contributed by atoms with E-state index in [9.17, 15) is 15.0 Å². The summed E-state index contributed by atoms with van der Waals surface area (Å²) >= 11 is 0. The van der Waals surface area contributed by atoms with E-state index in [0.29, 0.717) is 6.42 Å². The molecule has 26 heavy (non-hydrogen) atoms. The second-order valence-electron chi connectivity index (χ2n) is 6.62. The van der Waals surface area contributed by atoms with Gasteiger partial charge in [0.1, 0.15) is 0 Å². The van der Waals surface area contributed by atoms with Crippen LogP contribution in [0.25, 0.3) is 0 Å². The van der Waals surface area contributed by atoms with Gasteiger partial charge in [-0.15, -0.1) is 0 Å². The molecule has 0 aromatic heterocycles. The summed E-state index contributed by atoms with van der Waals surface area (Å²) in [7, 11) is 0. The highest BCUT2D eigenvalue weighted by atomic mass is 16.3. The Morgan fingerprint density at radius 2 is 1.46 bits per heavy atom. The number of nitrogens with one attached hydrogen (secondary N) is 1. The molecule has 4 nitrogen and oxygen atoms in total. The first-order valence-electron chi connectivity index (χ1n) is 10.2. The lowest BCUT2D eigenvalue weighted by molar-refractivity contribution is -0.122. The maximum absolute atomic E-state index is 11.5. The van der Waals surface area contributed by atoms with Gasteiger partial charge < -0.3 is 15.5 Å². The molecule has 4 heteroatoms. The van der Waals surface area contributed by atoms with Crippen molar-refractivity contribution in [3.63, 3.8) is 0 Å². The molecular formula is C22H39NO3. The summed E-state index contributed by atoms with van der Waals surface area (Å²) in [4.78, 5) is 11.5. The second-order valence-corrected chi connectivity index (χ2v) is 6.62. The lowest BCUT2D eigenvalue weighted by Gasteiger charge is -2.19. The molecule has 0 heterocycles. The van der Waals surface area contributed by atoms with Crippen LogP contribution in [0, 0.1) is 0 Å². The van der Waals surface area contributed by atoms with Crippen LogP contribution < -0.4 is 5.32 Å². The topological polar surface area (TPSA) is 69.6 Å². The minimum Gasteiger partial charge on any atom is -0.394 e. The van der Waals surface area contributed by atoms with Crippen molar-refractivity contribution in [2.75, 3.05) is 6.61 Å². The fourth-order valence-corrected chi connectivity index (χ4v) is 2.48. The third-order valence-corrected chi connectivity index (χ3v) is 4.07. The van der Waals surface area contributed by atoms with Gasteiger partial charge in [-0.2, -0.15) is 0 Å². The zero-order valence-electron chi connectivity index (χ0n) is 16.7. The molecule has 0 rings (SSSR count). The van der Waals surface area contributed by atoms with E-state index in [2.05, 4.69) is 36.5 Å². The van der Waals surface area contributed by atoms with Crippen molar-refractivity contribution in [2.24, 2.45) is 0 Å². The van der Waals surface area contributed by atoms with Gasteiger partial charge in [0.2, 0.25) is 5.91 Å². The van der Waals surface area contributed by atoms with Gasteiger partial charge in [-0.1, -0.05) is 63.1 Å². The van der Waals surface area contributed by atoms with Crippen LogP contribution in [0.15, 0.2) is 36.5 Å². The quantitative estimate of drug-likeness (QED) is 0.280. The molecule has 3 N–H and O–H groups in total. The molecule has 1 amide bonds. The second kappa shape index (κ2) is 18.4. The molecule has 0 aliphatic rings. The van der Waals surface area contributed by atoms with Crippen molar-refractivity contribution in [2.45, 2.75) is 90.2 Å². The Balaban J connectivity index is 3.81. The molecule has 0 radical (unpaired) electrons. The number of aliphatic hydroxyl groups excluding tert-OH is 2. The molecule has 0 aromatic carbocycles. The normalized spacial score (nSPS) is 14.5. The molecule has 0 aliphatic carbocycles. The Kier molecular flexibility index (Phi) is 17.4. The van der Waals surface area contributed by atoms with Gasteiger partial charge in [0.15, 0.2) is 0 Å². The predicted molar refractivity (Wildman–Crippen MR) is 110 cm³/mol. The Hall–Kier alpha value is -1.39. The van der Waals surface area contributed by atoms with Gasteiger partial charge in [-0.25, -0.2) is 0 Å². The van der Waals surface area contributed by atoms with Crippen LogP contribution >= 0.6 is 0 Å². The smallest absolute Gasteiger partial charge is 0.220 e. The number of unbranched alkanes of at least 4 members (excludes halogenated alkanes) is 5. The van der Waals surface area contributed by atoms with Crippen molar-refractivity contribution in [3.8, 4) is 0 Å². The van der Waals surface area contributed by atoms with Gasteiger partial charge in [0.05, 0.1) is 18.8 Å². The highest BCUT2D eigenvalue weighted by molar-refractivity contribution is 5.76. The van der Waals surface area contributed by atoms with Crippen LogP contribution in [0.5, 0.6) is 0 Å². The standard InChI is InChI=1S/C22H39NO3/c1-3-5-6-7-8-9-10-11-12-13-14-15-16-18-21(25)20(19-24)23-22(26)17-4-2/h8-9,12-13,16,18,20-21,24-25H,3-7,10-11,14-15,17,19H2,1-2H3,(H,23,26)/b9-8+,13-12+,18-16+. The van der Waals surface area contributed by atoms with Crippen molar-refractivity contribution in [3.05, 3.63) is 36.5 Å². The monoisotopic (exact) mass is 365 g/mol. The molecule has 150 valence electrons. The third-order valence-electron chi connectivity index (χ3n) is 4.07. The lowest BCUT2D eigenvalue weighted by atomic mass is 10.1. The highest BCUT2D eigenvalue weighted by Gasteiger charge is 2.17.